The molecule has 0 fully saturated rings. The predicted molar refractivity (Wildman–Crippen MR) is 109 cm³/mol. The van der Waals surface area contributed by atoms with Crippen LogP contribution in [-0.2, 0) is 6.61 Å². The minimum Gasteiger partial charge on any atom is -0.493 e. The zero-order valence-corrected chi connectivity index (χ0v) is 17.1. The van der Waals surface area contributed by atoms with Crippen LogP contribution < -0.4 is 10.1 Å². The Kier molecular flexibility index (Phi) is 4.87. The summed E-state index contributed by atoms with van der Waals surface area (Å²) < 4.78 is 7.57. The third-order valence-corrected chi connectivity index (χ3v) is 5.29. The SMILES string of the molecule is Cc1cccc2c1[C@H](Nc1nc(C(=O)N(C)C)cn3c(CO)c(C)nc13)CCO2. The standard InChI is InChI=1S/C21H25N5O3/c1-12-6-5-7-17-18(12)14(8-9-29-17)23-19-20-22-13(2)16(11-27)26(20)10-15(24-19)21(28)25(3)4/h5-7,10,14,27H,8-9,11H2,1-4H3,(H,23,24)/t14-/m1/s1. The molecule has 1 atom stereocenters. The molecule has 0 spiro atoms. The van der Waals surface area contributed by atoms with Crippen LogP contribution in [0.3, 0.4) is 0 Å². The van der Waals surface area contributed by atoms with Gasteiger partial charge >= 0.3 is 0 Å². The third kappa shape index (κ3) is 3.29. The van der Waals surface area contributed by atoms with Crippen molar-refractivity contribution in [3.05, 3.63) is 52.6 Å². The average molecular weight is 395 g/mol. The Morgan fingerprint density at radius 3 is 2.86 bits per heavy atom. The van der Waals surface area contributed by atoms with Crippen molar-refractivity contribution in [2.75, 3.05) is 26.0 Å². The topological polar surface area (TPSA) is 92.0 Å². The summed E-state index contributed by atoms with van der Waals surface area (Å²) >= 11 is 0. The van der Waals surface area contributed by atoms with Gasteiger partial charge in [0.15, 0.2) is 11.5 Å². The van der Waals surface area contributed by atoms with Crippen molar-refractivity contribution in [1.29, 1.82) is 0 Å². The van der Waals surface area contributed by atoms with Gasteiger partial charge in [-0.25, -0.2) is 9.97 Å². The van der Waals surface area contributed by atoms with Crippen molar-refractivity contribution in [3.8, 4) is 5.75 Å². The number of carbonyl (C=O) groups is 1. The molecule has 3 heterocycles. The molecular formula is C21H25N5O3. The smallest absolute Gasteiger partial charge is 0.273 e. The number of aliphatic hydroxyl groups is 1. The largest absolute Gasteiger partial charge is 0.493 e. The highest BCUT2D eigenvalue weighted by molar-refractivity contribution is 5.92. The second-order valence-electron chi connectivity index (χ2n) is 7.49. The Morgan fingerprint density at radius 2 is 2.14 bits per heavy atom. The number of hydrogen-bond donors (Lipinski definition) is 2. The maximum atomic E-state index is 12.6. The average Bonchev–Trinajstić information content (AvgIpc) is 3.02. The zero-order chi connectivity index (χ0) is 20.7. The molecule has 2 aromatic heterocycles. The summed E-state index contributed by atoms with van der Waals surface area (Å²) in [5, 5.41) is 13.3. The molecule has 0 saturated carbocycles. The van der Waals surface area contributed by atoms with Crippen molar-refractivity contribution in [1.82, 2.24) is 19.3 Å². The highest BCUT2D eigenvalue weighted by Gasteiger charge is 2.26. The number of nitrogens with one attached hydrogen (secondary N) is 1. The number of rotatable bonds is 4. The lowest BCUT2D eigenvalue weighted by Gasteiger charge is -2.28. The van der Waals surface area contributed by atoms with Crippen LogP contribution in [-0.4, -0.2) is 51.0 Å². The van der Waals surface area contributed by atoms with E-state index in [1.54, 1.807) is 24.7 Å². The fourth-order valence-corrected chi connectivity index (χ4v) is 3.79. The van der Waals surface area contributed by atoms with Crippen LogP contribution in [0.5, 0.6) is 5.75 Å². The molecule has 0 radical (unpaired) electrons. The maximum Gasteiger partial charge on any atom is 0.273 e. The fourth-order valence-electron chi connectivity index (χ4n) is 3.79. The Labute approximate surface area is 169 Å². The van der Waals surface area contributed by atoms with Crippen molar-refractivity contribution >= 4 is 17.4 Å². The van der Waals surface area contributed by atoms with E-state index in [9.17, 15) is 9.90 Å². The first-order valence-corrected chi connectivity index (χ1v) is 9.60. The Balaban J connectivity index is 1.85. The molecule has 29 heavy (non-hydrogen) atoms. The molecule has 4 rings (SSSR count). The van der Waals surface area contributed by atoms with E-state index in [4.69, 9.17) is 4.74 Å². The minimum absolute atomic E-state index is 0.0180. The number of fused-ring (bicyclic) bond motifs is 2. The van der Waals surface area contributed by atoms with Crippen LogP contribution in [0.25, 0.3) is 5.65 Å². The highest BCUT2D eigenvalue weighted by atomic mass is 16.5. The Hall–Kier alpha value is -3.13. The summed E-state index contributed by atoms with van der Waals surface area (Å²) in [7, 11) is 3.37. The first kappa shape index (κ1) is 19.2. The molecule has 1 aromatic carbocycles. The molecule has 1 amide bonds. The van der Waals surface area contributed by atoms with Gasteiger partial charge in [0.05, 0.1) is 30.6 Å². The summed E-state index contributed by atoms with van der Waals surface area (Å²) in [4.78, 5) is 23.3. The lowest BCUT2D eigenvalue weighted by molar-refractivity contribution is 0.0821. The van der Waals surface area contributed by atoms with Gasteiger partial charge in [-0.15, -0.1) is 0 Å². The maximum absolute atomic E-state index is 12.6. The van der Waals surface area contributed by atoms with Crippen LogP contribution in [0.1, 0.15) is 45.5 Å². The van der Waals surface area contributed by atoms with Crippen LogP contribution in [0.4, 0.5) is 5.82 Å². The van der Waals surface area contributed by atoms with Crippen molar-refractivity contribution < 1.29 is 14.6 Å². The van der Waals surface area contributed by atoms with E-state index in [0.717, 1.165) is 23.3 Å². The molecule has 0 bridgehead atoms. The number of nitrogens with zero attached hydrogens (tertiary/aromatic N) is 4. The van der Waals surface area contributed by atoms with Gasteiger partial charge in [0.25, 0.3) is 5.91 Å². The van der Waals surface area contributed by atoms with Crippen LogP contribution in [0.15, 0.2) is 24.4 Å². The first-order valence-electron chi connectivity index (χ1n) is 9.60. The van der Waals surface area contributed by atoms with Gasteiger partial charge in [-0.1, -0.05) is 12.1 Å². The molecule has 152 valence electrons. The first-order chi connectivity index (χ1) is 13.9. The van der Waals surface area contributed by atoms with E-state index < -0.39 is 0 Å². The number of hydrogen-bond acceptors (Lipinski definition) is 6. The molecular weight excluding hydrogens is 370 g/mol. The van der Waals surface area contributed by atoms with Crippen LogP contribution in [0, 0.1) is 13.8 Å². The number of ether oxygens (including phenoxy) is 1. The number of anilines is 1. The highest BCUT2D eigenvalue weighted by Crippen LogP contribution is 2.37. The Bertz CT molecular complexity index is 1090. The molecule has 0 unspecified atom stereocenters. The number of amides is 1. The van der Waals surface area contributed by atoms with Gasteiger partial charge < -0.3 is 20.1 Å². The Morgan fingerprint density at radius 1 is 1.34 bits per heavy atom. The van der Waals surface area contributed by atoms with E-state index in [1.807, 2.05) is 19.1 Å². The zero-order valence-electron chi connectivity index (χ0n) is 17.1. The lowest BCUT2D eigenvalue weighted by atomic mass is 9.96. The van der Waals surface area contributed by atoms with Crippen molar-refractivity contribution in [2.45, 2.75) is 32.9 Å². The van der Waals surface area contributed by atoms with Crippen LogP contribution >= 0.6 is 0 Å². The number of aryl methyl sites for hydroxylation is 2. The third-order valence-electron chi connectivity index (χ3n) is 5.29. The van der Waals surface area contributed by atoms with Gasteiger partial charge in [0.2, 0.25) is 0 Å². The summed E-state index contributed by atoms with van der Waals surface area (Å²) in [5.74, 6) is 1.16. The van der Waals surface area contributed by atoms with Crippen molar-refractivity contribution in [2.24, 2.45) is 0 Å². The molecule has 0 saturated heterocycles. The predicted octanol–water partition coefficient (Wildman–Crippen LogP) is 2.48. The summed E-state index contributed by atoms with van der Waals surface area (Å²) in [6.07, 6.45) is 2.40. The normalized spacial score (nSPS) is 15.7. The van der Waals surface area contributed by atoms with E-state index in [1.165, 1.54) is 4.90 Å². The molecule has 0 aliphatic carbocycles. The van der Waals surface area contributed by atoms with Crippen molar-refractivity contribution in [3.63, 3.8) is 0 Å². The second kappa shape index (κ2) is 7.36. The quantitative estimate of drug-likeness (QED) is 0.705. The summed E-state index contributed by atoms with van der Waals surface area (Å²) in [6, 6.07) is 5.99. The number of imidazole rings is 1. The molecule has 8 nitrogen and oxygen atoms in total. The number of benzene rings is 1. The van der Waals surface area contributed by atoms with E-state index in [2.05, 4.69) is 28.3 Å². The molecule has 1 aliphatic heterocycles. The van der Waals surface area contributed by atoms with Gasteiger partial charge in [-0.05, 0) is 25.5 Å². The molecule has 1 aliphatic rings. The number of aromatic nitrogens is 3. The molecule has 3 aromatic rings. The summed E-state index contributed by atoms with van der Waals surface area (Å²) in [6.45, 7) is 4.31. The fraction of sp³-hybridized carbons (Fsp3) is 0.381. The monoisotopic (exact) mass is 395 g/mol. The van der Waals surface area contributed by atoms with E-state index >= 15 is 0 Å². The number of carbonyl (C=O) groups excluding carboxylic acids is 1. The number of aliphatic hydroxyl groups excluding tert-OH is 1. The van der Waals surface area contributed by atoms with Crippen LogP contribution in [0.2, 0.25) is 0 Å². The van der Waals surface area contributed by atoms with Gasteiger partial charge in [0.1, 0.15) is 11.4 Å². The van der Waals surface area contributed by atoms with Gasteiger partial charge in [0, 0.05) is 32.3 Å². The van der Waals surface area contributed by atoms with E-state index in [-0.39, 0.29) is 24.2 Å². The van der Waals surface area contributed by atoms with Gasteiger partial charge in [-0.3, -0.25) is 9.20 Å². The second-order valence-corrected chi connectivity index (χ2v) is 7.49. The van der Waals surface area contributed by atoms with Gasteiger partial charge in [-0.2, -0.15) is 0 Å². The van der Waals surface area contributed by atoms with E-state index in [0.29, 0.717) is 29.5 Å². The lowest BCUT2D eigenvalue weighted by Crippen LogP contribution is -2.25. The molecule has 2 N–H and O–H groups in total. The minimum atomic E-state index is -0.214. The summed E-state index contributed by atoms with van der Waals surface area (Å²) in [5.41, 5.74) is 4.44. The molecule has 8 heteroatoms.